The molecule has 0 aromatic heterocycles. The second kappa shape index (κ2) is 5.19. The minimum atomic E-state index is 1.04. The smallest absolute Gasteiger partial charge is 0.0514 e. The van der Waals surface area contributed by atoms with Gasteiger partial charge in [-0.25, -0.2) is 0 Å². The van der Waals surface area contributed by atoms with Crippen molar-refractivity contribution in [1.82, 2.24) is 0 Å². The lowest BCUT2D eigenvalue weighted by molar-refractivity contribution is 1.16. The van der Waals surface area contributed by atoms with Crippen molar-refractivity contribution in [1.29, 1.82) is 0 Å². The maximum atomic E-state index is 2.35. The molecule has 2 heterocycles. The fraction of sp³-hybridized carbons (Fsp3) is 0.0556. The number of hydrogen-bond donors (Lipinski definition) is 0. The van der Waals surface area contributed by atoms with Gasteiger partial charge in [0, 0.05) is 14.7 Å². The van der Waals surface area contributed by atoms with Crippen LogP contribution >= 0.6 is 23.5 Å². The highest BCUT2D eigenvalue weighted by atomic mass is 32.2. The van der Waals surface area contributed by atoms with Crippen molar-refractivity contribution in [3.8, 4) is 0 Å². The Bertz CT molecular complexity index is 726. The second-order valence-electron chi connectivity index (χ2n) is 4.86. The van der Waals surface area contributed by atoms with Crippen LogP contribution in [-0.2, 0) is 6.42 Å². The average Bonchev–Trinajstić information content (AvgIpc) is 2.54. The maximum Gasteiger partial charge on any atom is 0.0514 e. The van der Waals surface area contributed by atoms with Crippen molar-refractivity contribution in [3.63, 3.8) is 0 Å². The molecule has 20 heavy (non-hydrogen) atoms. The van der Waals surface area contributed by atoms with E-state index in [1.807, 2.05) is 23.5 Å². The fourth-order valence-corrected chi connectivity index (χ4v) is 4.59. The van der Waals surface area contributed by atoms with Gasteiger partial charge in [-0.2, -0.15) is 0 Å². The van der Waals surface area contributed by atoms with Crippen LogP contribution in [0.4, 0.5) is 0 Å². The summed E-state index contributed by atoms with van der Waals surface area (Å²) < 4.78 is 0. The van der Waals surface area contributed by atoms with Crippen molar-refractivity contribution in [2.24, 2.45) is 0 Å². The van der Waals surface area contributed by atoms with E-state index in [0.29, 0.717) is 0 Å². The van der Waals surface area contributed by atoms with E-state index in [9.17, 15) is 0 Å². The standard InChI is InChI=1S/C18H13S2/c1-2-7-15-12-19-18(11-14(15)6-1)17-10-9-13-5-3-4-8-16(13)20-17/h1-8,10-12H,9H2. The molecule has 2 aliphatic rings. The van der Waals surface area contributed by atoms with Crippen LogP contribution in [-0.4, -0.2) is 0 Å². The van der Waals surface area contributed by atoms with Gasteiger partial charge >= 0.3 is 0 Å². The second-order valence-corrected chi connectivity index (χ2v) is 6.85. The van der Waals surface area contributed by atoms with Crippen LogP contribution in [0.15, 0.2) is 69.3 Å². The first-order valence-corrected chi connectivity index (χ1v) is 8.37. The molecule has 2 aromatic rings. The van der Waals surface area contributed by atoms with Crippen LogP contribution in [0, 0.1) is 5.75 Å². The number of hydrogen-bond acceptors (Lipinski definition) is 2. The van der Waals surface area contributed by atoms with E-state index >= 15 is 0 Å². The van der Waals surface area contributed by atoms with Gasteiger partial charge in [0.25, 0.3) is 0 Å². The zero-order valence-electron chi connectivity index (χ0n) is 10.9. The van der Waals surface area contributed by atoms with Gasteiger partial charge in [-0.05, 0) is 35.3 Å². The summed E-state index contributed by atoms with van der Waals surface area (Å²) in [5, 5.41) is 0. The molecule has 0 bridgehead atoms. The molecule has 0 atom stereocenters. The van der Waals surface area contributed by atoms with Crippen molar-refractivity contribution in [2.75, 3.05) is 0 Å². The van der Waals surface area contributed by atoms with Crippen LogP contribution in [0.3, 0.4) is 0 Å². The van der Waals surface area contributed by atoms with Gasteiger partial charge in [-0.15, -0.1) is 11.8 Å². The van der Waals surface area contributed by atoms with Crippen LogP contribution in [0.1, 0.15) is 16.7 Å². The van der Waals surface area contributed by atoms with Crippen molar-refractivity contribution in [2.45, 2.75) is 11.3 Å². The van der Waals surface area contributed by atoms with Crippen LogP contribution < -0.4 is 0 Å². The van der Waals surface area contributed by atoms with Gasteiger partial charge < -0.3 is 0 Å². The Morgan fingerprint density at radius 1 is 0.800 bits per heavy atom. The first-order valence-electron chi connectivity index (χ1n) is 6.67. The molecule has 97 valence electrons. The quantitative estimate of drug-likeness (QED) is 0.679. The monoisotopic (exact) mass is 293 g/mol. The Morgan fingerprint density at radius 2 is 1.60 bits per heavy atom. The molecule has 2 aromatic carbocycles. The Labute approximate surface area is 128 Å². The van der Waals surface area contributed by atoms with E-state index in [1.54, 1.807) is 0 Å². The third kappa shape index (κ3) is 2.23. The topological polar surface area (TPSA) is 0 Å². The lowest BCUT2D eigenvalue weighted by Crippen LogP contribution is -1.98. The summed E-state index contributed by atoms with van der Waals surface area (Å²) in [6.45, 7) is 0. The number of allylic oxidation sites excluding steroid dienone is 1. The molecule has 0 saturated heterocycles. The summed E-state index contributed by atoms with van der Waals surface area (Å²) in [5.74, 6) is 2.26. The molecular formula is C18H13S2. The number of rotatable bonds is 1. The Morgan fingerprint density at radius 3 is 2.55 bits per heavy atom. The zero-order valence-corrected chi connectivity index (χ0v) is 12.5. The zero-order chi connectivity index (χ0) is 13.4. The summed E-state index contributed by atoms with van der Waals surface area (Å²) in [4.78, 5) is 4.15. The number of fused-ring (bicyclic) bond motifs is 2. The van der Waals surface area contributed by atoms with Crippen molar-refractivity contribution < 1.29 is 0 Å². The fourth-order valence-electron chi connectivity index (χ4n) is 2.47. The van der Waals surface area contributed by atoms with Crippen molar-refractivity contribution in [3.05, 3.63) is 86.9 Å². The number of thioether (sulfide) groups is 2. The van der Waals surface area contributed by atoms with E-state index < -0.39 is 0 Å². The molecule has 2 aliphatic heterocycles. The Kier molecular flexibility index (Phi) is 3.21. The maximum absolute atomic E-state index is 2.35. The predicted octanol–water partition coefficient (Wildman–Crippen LogP) is 5.52. The summed E-state index contributed by atoms with van der Waals surface area (Å²) in [6.07, 6.45) is 5.71. The first kappa shape index (κ1) is 12.4. The van der Waals surface area contributed by atoms with Gasteiger partial charge in [0.2, 0.25) is 0 Å². The van der Waals surface area contributed by atoms with Crippen molar-refractivity contribution >= 4 is 29.6 Å². The molecule has 0 saturated carbocycles. The third-order valence-corrected chi connectivity index (χ3v) is 5.86. The largest absolute Gasteiger partial charge is 0.115 e. The van der Waals surface area contributed by atoms with Gasteiger partial charge in [0.1, 0.15) is 0 Å². The summed E-state index contributed by atoms with van der Waals surface area (Å²) in [7, 11) is 0. The molecular weight excluding hydrogens is 280 g/mol. The van der Waals surface area contributed by atoms with Gasteiger partial charge in [0.15, 0.2) is 0 Å². The SMILES string of the molecule is [CH]1SC(C2=CCc3ccccc3S2)=Cc2ccccc21. The predicted molar refractivity (Wildman–Crippen MR) is 89.5 cm³/mol. The molecule has 1 radical (unpaired) electrons. The van der Waals surface area contributed by atoms with Gasteiger partial charge in [0.05, 0.1) is 5.75 Å². The lowest BCUT2D eigenvalue weighted by Gasteiger charge is -2.21. The van der Waals surface area contributed by atoms with Crippen LogP contribution in [0.2, 0.25) is 0 Å². The molecule has 2 heteroatoms. The minimum Gasteiger partial charge on any atom is -0.115 e. The van der Waals surface area contributed by atoms with E-state index in [4.69, 9.17) is 0 Å². The van der Waals surface area contributed by atoms with Gasteiger partial charge in [-0.3, -0.25) is 0 Å². The summed E-state index contributed by atoms with van der Waals surface area (Å²) in [6, 6.07) is 17.3. The molecule has 0 fully saturated rings. The molecule has 0 N–H and O–H groups in total. The van der Waals surface area contributed by atoms with E-state index in [2.05, 4.69) is 66.4 Å². The minimum absolute atomic E-state index is 1.04. The summed E-state index contributed by atoms with van der Waals surface area (Å²) >= 11 is 3.72. The van der Waals surface area contributed by atoms with E-state index in [0.717, 1.165) is 6.42 Å². The number of benzene rings is 2. The Hall–Kier alpha value is -1.38. The average molecular weight is 293 g/mol. The molecule has 0 aliphatic carbocycles. The van der Waals surface area contributed by atoms with E-state index in [1.165, 1.54) is 31.4 Å². The third-order valence-electron chi connectivity index (χ3n) is 3.54. The first-order chi connectivity index (χ1) is 9.90. The molecule has 0 unspecified atom stereocenters. The van der Waals surface area contributed by atoms with Crippen LogP contribution in [0.25, 0.3) is 6.08 Å². The molecule has 0 nitrogen and oxygen atoms in total. The highest BCUT2D eigenvalue weighted by Crippen LogP contribution is 2.46. The van der Waals surface area contributed by atoms with Gasteiger partial charge in [-0.1, -0.05) is 60.3 Å². The molecule has 0 amide bonds. The highest BCUT2D eigenvalue weighted by molar-refractivity contribution is 8.09. The Balaban J connectivity index is 1.68. The molecule has 0 spiro atoms. The normalized spacial score (nSPS) is 16.8. The van der Waals surface area contributed by atoms with Crippen LogP contribution in [0.5, 0.6) is 0 Å². The highest BCUT2D eigenvalue weighted by Gasteiger charge is 2.18. The summed E-state index contributed by atoms with van der Waals surface area (Å²) in [5.41, 5.74) is 4.08. The van der Waals surface area contributed by atoms with E-state index in [-0.39, 0.29) is 0 Å². The lowest BCUT2D eigenvalue weighted by atomic mass is 10.1. The molecule has 4 rings (SSSR count).